The van der Waals surface area contributed by atoms with E-state index < -0.39 is 0 Å². The van der Waals surface area contributed by atoms with Crippen molar-refractivity contribution in [2.45, 2.75) is 6.92 Å². The van der Waals surface area contributed by atoms with Crippen LogP contribution in [0.25, 0.3) is 0 Å². The van der Waals surface area contributed by atoms with Gasteiger partial charge in [-0.15, -0.1) is 0 Å². The number of benzene rings is 1. The Bertz CT molecular complexity index is 502. The molecule has 0 N–H and O–H groups in total. The smallest absolute Gasteiger partial charge is 0.196 e. The summed E-state index contributed by atoms with van der Waals surface area (Å²) in [6.07, 6.45) is 3.18. The predicted octanol–water partition coefficient (Wildman–Crippen LogP) is 3.27. The Labute approximate surface area is 98.9 Å². The molecule has 80 valence electrons. The first-order valence-corrected chi connectivity index (χ1v) is 5.28. The van der Waals surface area contributed by atoms with Gasteiger partial charge in [0.1, 0.15) is 0 Å². The first kappa shape index (κ1) is 10.8. The van der Waals surface area contributed by atoms with E-state index >= 15 is 0 Å². The Morgan fingerprint density at radius 1 is 1.25 bits per heavy atom. The quantitative estimate of drug-likeness (QED) is 0.743. The van der Waals surface area contributed by atoms with Gasteiger partial charge in [-0.2, -0.15) is 0 Å². The molecule has 2 aromatic rings. The summed E-state index contributed by atoms with van der Waals surface area (Å²) in [5.74, 6) is -0.0869. The summed E-state index contributed by atoms with van der Waals surface area (Å²) in [7, 11) is 0. The lowest BCUT2D eigenvalue weighted by Crippen LogP contribution is -2.04. The molecular weight excluding hydrogens is 222 g/mol. The van der Waals surface area contributed by atoms with Crippen molar-refractivity contribution in [1.82, 2.24) is 4.98 Å². The van der Waals surface area contributed by atoms with Crippen LogP contribution in [0.1, 0.15) is 21.5 Å². The number of hydrogen-bond donors (Lipinski definition) is 0. The first-order chi connectivity index (χ1) is 7.70. The van der Waals surface area contributed by atoms with Crippen LogP contribution in [0.4, 0.5) is 0 Å². The molecule has 2 nitrogen and oxygen atoms in total. The summed E-state index contributed by atoms with van der Waals surface area (Å²) in [5.41, 5.74) is 1.98. The Morgan fingerprint density at radius 3 is 2.69 bits per heavy atom. The van der Waals surface area contributed by atoms with Crippen molar-refractivity contribution in [2.24, 2.45) is 0 Å². The molecule has 0 atom stereocenters. The molecule has 0 bridgehead atoms. The van der Waals surface area contributed by atoms with Crippen LogP contribution in [0.2, 0.25) is 5.02 Å². The minimum atomic E-state index is -0.0869. The van der Waals surface area contributed by atoms with Gasteiger partial charge in [-0.3, -0.25) is 9.78 Å². The minimum absolute atomic E-state index is 0.0869. The molecule has 0 saturated heterocycles. The van der Waals surface area contributed by atoms with Crippen LogP contribution in [-0.2, 0) is 0 Å². The fraction of sp³-hybridized carbons (Fsp3) is 0.0769. The molecule has 16 heavy (non-hydrogen) atoms. The first-order valence-electron chi connectivity index (χ1n) is 4.90. The van der Waals surface area contributed by atoms with Gasteiger partial charge < -0.3 is 0 Å². The lowest BCUT2D eigenvalue weighted by Gasteiger charge is -2.06. The molecular formula is C13H10ClNO. The highest BCUT2D eigenvalue weighted by Crippen LogP contribution is 2.22. The lowest BCUT2D eigenvalue weighted by molar-refractivity contribution is 0.103. The van der Waals surface area contributed by atoms with Gasteiger partial charge in [-0.05, 0) is 30.7 Å². The van der Waals surface area contributed by atoms with Gasteiger partial charge >= 0.3 is 0 Å². The number of rotatable bonds is 2. The molecule has 0 fully saturated rings. The molecule has 1 aromatic carbocycles. The van der Waals surface area contributed by atoms with E-state index in [0.29, 0.717) is 16.1 Å². The van der Waals surface area contributed by atoms with Gasteiger partial charge in [0.2, 0.25) is 0 Å². The summed E-state index contributed by atoms with van der Waals surface area (Å²) in [5, 5.41) is 0.480. The summed E-state index contributed by atoms with van der Waals surface area (Å²) in [6, 6.07) is 8.89. The van der Waals surface area contributed by atoms with Crippen molar-refractivity contribution >= 4 is 17.4 Å². The maximum absolute atomic E-state index is 12.2. The zero-order valence-corrected chi connectivity index (χ0v) is 9.53. The number of pyridine rings is 1. The molecule has 0 saturated carbocycles. The molecule has 3 heteroatoms. The standard InChI is InChI=1S/C13H10ClNO/c1-9-4-2-6-11(14)12(9)13(16)10-5-3-7-15-8-10/h2-8H,1H3. The van der Waals surface area contributed by atoms with Crippen molar-refractivity contribution in [1.29, 1.82) is 0 Å². The van der Waals surface area contributed by atoms with E-state index in [1.54, 1.807) is 30.6 Å². The number of aryl methyl sites for hydroxylation is 1. The van der Waals surface area contributed by atoms with E-state index in [1.165, 1.54) is 0 Å². The highest BCUT2D eigenvalue weighted by molar-refractivity contribution is 6.35. The predicted molar refractivity (Wildman–Crippen MR) is 63.9 cm³/mol. The summed E-state index contributed by atoms with van der Waals surface area (Å²) in [4.78, 5) is 16.1. The summed E-state index contributed by atoms with van der Waals surface area (Å²) >= 11 is 6.03. The number of halogens is 1. The number of carbonyl (C=O) groups excluding carboxylic acids is 1. The average Bonchev–Trinajstić information content (AvgIpc) is 2.30. The van der Waals surface area contributed by atoms with Gasteiger partial charge in [0.25, 0.3) is 0 Å². The zero-order valence-electron chi connectivity index (χ0n) is 8.77. The second kappa shape index (κ2) is 4.45. The van der Waals surface area contributed by atoms with Crippen LogP contribution in [-0.4, -0.2) is 10.8 Å². The van der Waals surface area contributed by atoms with Crippen molar-refractivity contribution in [3.8, 4) is 0 Å². The minimum Gasteiger partial charge on any atom is -0.288 e. The van der Waals surface area contributed by atoms with Gasteiger partial charge in [0, 0.05) is 23.5 Å². The highest BCUT2D eigenvalue weighted by atomic mass is 35.5. The van der Waals surface area contributed by atoms with Crippen LogP contribution in [0.3, 0.4) is 0 Å². The van der Waals surface area contributed by atoms with Crippen LogP contribution in [0.5, 0.6) is 0 Å². The normalized spacial score (nSPS) is 10.1. The zero-order chi connectivity index (χ0) is 11.5. The summed E-state index contributed by atoms with van der Waals surface area (Å²) in [6.45, 7) is 1.87. The molecule has 0 aliphatic rings. The maximum atomic E-state index is 12.2. The number of carbonyl (C=O) groups is 1. The van der Waals surface area contributed by atoms with Crippen LogP contribution in [0, 0.1) is 6.92 Å². The molecule has 1 heterocycles. The second-order valence-electron chi connectivity index (χ2n) is 3.50. The van der Waals surface area contributed by atoms with Crippen LogP contribution < -0.4 is 0 Å². The van der Waals surface area contributed by atoms with E-state index in [4.69, 9.17) is 11.6 Å². The Kier molecular flexibility index (Phi) is 3.02. The fourth-order valence-electron chi connectivity index (χ4n) is 1.56. The summed E-state index contributed by atoms with van der Waals surface area (Å²) < 4.78 is 0. The largest absolute Gasteiger partial charge is 0.288 e. The number of ketones is 1. The van der Waals surface area contributed by atoms with E-state index in [-0.39, 0.29) is 5.78 Å². The SMILES string of the molecule is Cc1cccc(Cl)c1C(=O)c1cccnc1. The van der Waals surface area contributed by atoms with E-state index in [9.17, 15) is 4.79 Å². The fourth-order valence-corrected chi connectivity index (χ4v) is 1.87. The molecule has 0 aliphatic carbocycles. The van der Waals surface area contributed by atoms with Crippen molar-refractivity contribution < 1.29 is 4.79 Å². The molecule has 0 aliphatic heterocycles. The third-order valence-electron chi connectivity index (χ3n) is 2.37. The van der Waals surface area contributed by atoms with Crippen LogP contribution in [0.15, 0.2) is 42.7 Å². The van der Waals surface area contributed by atoms with Crippen molar-refractivity contribution in [3.63, 3.8) is 0 Å². The third kappa shape index (κ3) is 1.97. The number of nitrogens with zero attached hydrogens (tertiary/aromatic N) is 1. The van der Waals surface area contributed by atoms with Gasteiger partial charge in [-0.1, -0.05) is 23.7 Å². The Balaban J connectivity index is 2.50. The molecule has 2 rings (SSSR count). The third-order valence-corrected chi connectivity index (χ3v) is 2.69. The number of hydrogen-bond acceptors (Lipinski definition) is 2. The van der Waals surface area contributed by atoms with E-state index in [1.807, 2.05) is 19.1 Å². The van der Waals surface area contributed by atoms with Gasteiger partial charge in [0.15, 0.2) is 5.78 Å². The lowest BCUT2D eigenvalue weighted by atomic mass is 10.0. The van der Waals surface area contributed by atoms with Gasteiger partial charge in [-0.25, -0.2) is 0 Å². The molecule has 1 aromatic heterocycles. The van der Waals surface area contributed by atoms with Gasteiger partial charge in [0.05, 0.1) is 5.02 Å². The topological polar surface area (TPSA) is 30.0 Å². The maximum Gasteiger partial charge on any atom is 0.196 e. The van der Waals surface area contributed by atoms with E-state index in [2.05, 4.69) is 4.98 Å². The average molecular weight is 232 g/mol. The monoisotopic (exact) mass is 231 g/mol. The number of aromatic nitrogens is 1. The molecule has 0 radical (unpaired) electrons. The molecule has 0 unspecified atom stereocenters. The van der Waals surface area contributed by atoms with E-state index in [0.717, 1.165) is 5.56 Å². The van der Waals surface area contributed by atoms with Crippen LogP contribution >= 0.6 is 11.6 Å². The second-order valence-corrected chi connectivity index (χ2v) is 3.91. The highest BCUT2D eigenvalue weighted by Gasteiger charge is 2.14. The Hall–Kier alpha value is -1.67. The van der Waals surface area contributed by atoms with Crippen molar-refractivity contribution in [2.75, 3.05) is 0 Å². The Morgan fingerprint density at radius 2 is 2.06 bits per heavy atom. The van der Waals surface area contributed by atoms with Crippen molar-refractivity contribution in [3.05, 3.63) is 64.4 Å². The molecule has 0 spiro atoms. The molecule has 0 amide bonds.